The summed E-state index contributed by atoms with van der Waals surface area (Å²) in [6.07, 6.45) is 5.18. The van der Waals surface area contributed by atoms with Crippen LogP contribution < -0.4 is 5.32 Å². The van der Waals surface area contributed by atoms with Crippen molar-refractivity contribution >= 4 is 38.3 Å². The lowest BCUT2D eigenvalue weighted by atomic mass is 10.3. The highest BCUT2D eigenvalue weighted by Gasteiger charge is 2.28. The van der Waals surface area contributed by atoms with Crippen LogP contribution in [0.25, 0.3) is 0 Å². The van der Waals surface area contributed by atoms with Crippen LogP contribution in [0.2, 0.25) is 0 Å². The van der Waals surface area contributed by atoms with E-state index in [1.165, 1.54) is 16.2 Å². The molecule has 1 amide bonds. The molecule has 6 heteroatoms. The van der Waals surface area contributed by atoms with E-state index in [2.05, 4.69) is 37.7 Å². The van der Waals surface area contributed by atoms with E-state index < -0.39 is 0 Å². The standard InChI is InChI=1S/C14H16BrN3OS/c1-3-11-8(2)20-14(16-11)17-13(19)12-6-9(15)7-18(12)10-4-5-10/h6-7,10H,3-5H2,1-2H3,(H,16,17,19). The first kappa shape index (κ1) is 13.8. The highest BCUT2D eigenvalue weighted by atomic mass is 79.9. The number of aromatic nitrogens is 2. The summed E-state index contributed by atoms with van der Waals surface area (Å²) in [6.45, 7) is 4.11. The minimum absolute atomic E-state index is 0.0843. The predicted molar refractivity (Wildman–Crippen MR) is 84.6 cm³/mol. The fourth-order valence-electron chi connectivity index (χ4n) is 2.25. The second-order valence-electron chi connectivity index (χ2n) is 5.01. The maximum absolute atomic E-state index is 12.4. The number of halogens is 1. The molecule has 2 heterocycles. The lowest BCUT2D eigenvalue weighted by Crippen LogP contribution is -2.16. The predicted octanol–water partition coefficient (Wildman–Crippen LogP) is 4.17. The molecule has 0 aromatic carbocycles. The van der Waals surface area contributed by atoms with Crippen LogP contribution in [0.15, 0.2) is 16.7 Å². The Morgan fingerprint density at radius 3 is 2.95 bits per heavy atom. The van der Waals surface area contributed by atoms with Crippen LogP contribution in [0.5, 0.6) is 0 Å². The van der Waals surface area contributed by atoms with Gasteiger partial charge in [0.1, 0.15) is 5.69 Å². The fourth-order valence-corrected chi connectivity index (χ4v) is 3.59. The molecule has 1 N–H and O–H groups in total. The van der Waals surface area contributed by atoms with E-state index in [1.807, 2.05) is 19.2 Å². The number of amides is 1. The normalized spacial score (nSPS) is 14.6. The van der Waals surface area contributed by atoms with E-state index in [9.17, 15) is 4.79 Å². The first-order chi connectivity index (χ1) is 9.58. The Balaban J connectivity index is 1.82. The van der Waals surface area contributed by atoms with Gasteiger partial charge >= 0.3 is 0 Å². The minimum Gasteiger partial charge on any atom is -0.339 e. The van der Waals surface area contributed by atoms with Crippen molar-refractivity contribution in [2.45, 2.75) is 39.2 Å². The summed E-state index contributed by atoms with van der Waals surface area (Å²) in [7, 11) is 0. The Morgan fingerprint density at radius 1 is 1.60 bits per heavy atom. The average molecular weight is 354 g/mol. The molecular formula is C14H16BrN3OS. The van der Waals surface area contributed by atoms with Gasteiger partial charge in [0.25, 0.3) is 5.91 Å². The van der Waals surface area contributed by atoms with Crippen molar-refractivity contribution in [1.82, 2.24) is 9.55 Å². The zero-order valence-corrected chi connectivity index (χ0v) is 13.8. The van der Waals surface area contributed by atoms with Crippen LogP contribution in [0, 0.1) is 6.92 Å². The van der Waals surface area contributed by atoms with E-state index in [0.29, 0.717) is 16.9 Å². The summed E-state index contributed by atoms with van der Waals surface area (Å²) >= 11 is 4.98. The number of hydrogen-bond donors (Lipinski definition) is 1. The lowest BCUT2D eigenvalue weighted by molar-refractivity contribution is 0.101. The Labute approximate surface area is 130 Å². The van der Waals surface area contributed by atoms with Crippen LogP contribution in [0.3, 0.4) is 0 Å². The molecule has 0 unspecified atom stereocenters. The zero-order chi connectivity index (χ0) is 14.3. The van der Waals surface area contributed by atoms with E-state index in [1.54, 1.807) is 0 Å². The van der Waals surface area contributed by atoms with Crippen molar-refractivity contribution in [2.75, 3.05) is 5.32 Å². The number of hydrogen-bond acceptors (Lipinski definition) is 3. The molecule has 1 aliphatic carbocycles. The van der Waals surface area contributed by atoms with Gasteiger partial charge in [-0.1, -0.05) is 6.92 Å². The van der Waals surface area contributed by atoms with Gasteiger partial charge in [-0.25, -0.2) is 4.98 Å². The Hall–Kier alpha value is -1.14. The van der Waals surface area contributed by atoms with Gasteiger partial charge in [0.2, 0.25) is 0 Å². The van der Waals surface area contributed by atoms with E-state index in [4.69, 9.17) is 0 Å². The molecule has 0 atom stereocenters. The molecule has 3 rings (SSSR count). The van der Waals surface area contributed by atoms with E-state index in [-0.39, 0.29) is 5.91 Å². The maximum atomic E-state index is 12.4. The molecule has 106 valence electrons. The molecule has 20 heavy (non-hydrogen) atoms. The van der Waals surface area contributed by atoms with Crippen LogP contribution in [-0.4, -0.2) is 15.5 Å². The molecule has 4 nitrogen and oxygen atoms in total. The molecule has 0 bridgehead atoms. The van der Waals surface area contributed by atoms with Crippen molar-refractivity contribution in [3.63, 3.8) is 0 Å². The van der Waals surface area contributed by atoms with Crippen molar-refractivity contribution in [3.8, 4) is 0 Å². The van der Waals surface area contributed by atoms with Crippen molar-refractivity contribution < 1.29 is 4.79 Å². The number of rotatable bonds is 4. The van der Waals surface area contributed by atoms with Crippen LogP contribution in [-0.2, 0) is 6.42 Å². The quantitative estimate of drug-likeness (QED) is 0.896. The molecule has 2 aromatic rings. The van der Waals surface area contributed by atoms with Gasteiger partial charge in [0.15, 0.2) is 5.13 Å². The van der Waals surface area contributed by atoms with Gasteiger partial charge in [-0.05, 0) is 48.2 Å². The molecule has 0 spiro atoms. The number of nitrogens with one attached hydrogen (secondary N) is 1. The number of thiazole rings is 1. The Morgan fingerprint density at radius 2 is 2.35 bits per heavy atom. The van der Waals surface area contributed by atoms with E-state index >= 15 is 0 Å². The number of nitrogens with zero attached hydrogens (tertiary/aromatic N) is 2. The summed E-state index contributed by atoms with van der Waals surface area (Å²) in [5.41, 5.74) is 1.76. The first-order valence-electron chi connectivity index (χ1n) is 6.73. The summed E-state index contributed by atoms with van der Waals surface area (Å²) in [5.74, 6) is -0.0843. The molecule has 1 aliphatic rings. The number of carbonyl (C=O) groups is 1. The molecule has 1 fully saturated rings. The van der Waals surface area contributed by atoms with Gasteiger partial charge in [-0.2, -0.15) is 0 Å². The summed E-state index contributed by atoms with van der Waals surface area (Å²) in [4.78, 5) is 18.0. The van der Waals surface area contributed by atoms with Crippen molar-refractivity contribution in [3.05, 3.63) is 33.0 Å². The molecule has 0 aliphatic heterocycles. The van der Waals surface area contributed by atoms with Gasteiger partial charge in [-0.3, -0.25) is 10.1 Å². The third-order valence-electron chi connectivity index (χ3n) is 3.44. The summed E-state index contributed by atoms with van der Waals surface area (Å²) in [5, 5.41) is 3.60. The minimum atomic E-state index is -0.0843. The third kappa shape index (κ3) is 2.67. The molecule has 0 saturated heterocycles. The average Bonchev–Trinajstić information content (AvgIpc) is 3.09. The van der Waals surface area contributed by atoms with E-state index in [0.717, 1.165) is 29.4 Å². The first-order valence-corrected chi connectivity index (χ1v) is 8.34. The highest BCUT2D eigenvalue weighted by molar-refractivity contribution is 9.10. The molecule has 2 aromatic heterocycles. The summed E-state index contributed by atoms with van der Waals surface area (Å²) < 4.78 is 3.00. The second kappa shape index (κ2) is 5.33. The van der Waals surface area contributed by atoms with Gasteiger partial charge in [-0.15, -0.1) is 11.3 Å². The second-order valence-corrected chi connectivity index (χ2v) is 7.13. The number of aryl methyl sites for hydroxylation is 2. The van der Waals surface area contributed by atoms with Crippen LogP contribution in [0.4, 0.5) is 5.13 Å². The zero-order valence-electron chi connectivity index (χ0n) is 11.4. The molecule has 1 saturated carbocycles. The Kier molecular flexibility index (Phi) is 3.69. The largest absolute Gasteiger partial charge is 0.339 e. The lowest BCUT2D eigenvalue weighted by Gasteiger charge is -2.06. The smallest absolute Gasteiger partial charge is 0.274 e. The molecule has 0 radical (unpaired) electrons. The topological polar surface area (TPSA) is 46.9 Å². The highest BCUT2D eigenvalue weighted by Crippen LogP contribution is 2.37. The maximum Gasteiger partial charge on any atom is 0.274 e. The SMILES string of the molecule is CCc1nc(NC(=O)c2cc(Br)cn2C2CC2)sc1C. The molecular weight excluding hydrogens is 338 g/mol. The van der Waals surface area contributed by atoms with Crippen molar-refractivity contribution in [2.24, 2.45) is 0 Å². The number of carbonyl (C=O) groups excluding carboxylic acids is 1. The van der Waals surface area contributed by atoms with Crippen molar-refractivity contribution in [1.29, 1.82) is 0 Å². The number of anilines is 1. The monoisotopic (exact) mass is 353 g/mol. The summed E-state index contributed by atoms with van der Waals surface area (Å²) in [6, 6.07) is 2.35. The van der Waals surface area contributed by atoms with Gasteiger partial charge in [0, 0.05) is 21.6 Å². The third-order valence-corrected chi connectivity index (χ3v) is 4.80. The van der Waals surface area contributed by atoms with Crippen LogP contribution >= 0.6 is 27.3 Å². The van der Waals surface area contributed by atoms with Gasteiger partial charge in [0.05, 0.1) is 5.69 Å². The van der Waals surface area contributed by atoms with Gasteiger partial charge < -0.3 is 4.57 Å². The fraction of sp³-hybridized carbons (Fsp3) is 0.429. The van der Waals surface area contributed by atoms with Crippen LogP contribution in [0.1, 0.15) is 46.9 Å². The Bertz CT molecular complexity index is 657.